The van der Waals surface area contributed by atoms with Gasteiger partial charge < -0.3 is 14.6 Å². The number of ether oxygens (including phenoxy) is 2. The number of rotatable bonds is 9. The first kappa shape index (κ1) is 26.8. The second kappa shape index (κ2) is 11.4. The molecule has 0 saturated carbocycles. The fourth-order valence-electron chi connectivity index (χ4n) is 4.08. The van der Waals surface area contributed by atoms with Crippen LogP contribution in [0.1, 0.15) is 51.4 Å². The fraction of sp³-hybridized carbons (Fsp3) is 0.241. The summed E-state index contributed by atoms with van der Waals surface area (Å²) in [5.41, 5.74) is 2.24. The smallest absolute Gasteiger partial charge is 0.350 e. The summed E-state index contributed by atoms with van der Waals surface area (Å²) < 4.78 is 10.8. The number of thiazole rings is 1. The van der Waals surface area contributed by atoms with Crippen LogP contribution in [-0.4, -0.2) is 41.0 Å². The molecule has 1 aliphatic rings. The molecule has 1 N–H and O–H groups in total. The number of aliphatic hydroxyl groups excluding tert-OH is 1. The van der Waals surface area contributed by atoms with E-state index in [-0.39, 0.29) is 27.9 Å². The molecule has 196 valence electrons. The molecule has 2 aromatic carbocycles. The van der Waals surface area contributed by atoms with Crippen molar-refractivity contribution in [1.29, 1.82) is 0 Å². The van der Waals surface area contributed by atoms with Crippen LogP contribution in [0.3, 0.4) is 0 Å². The van der Waals surface area contributed by atoms with Gasteiger partial charge in [-0.1, -0.05) is 72.9 Å². The highest BCUT2D eigenvalue weighted by Gasteiger charge is 2.48. The van der Waals surface area contributed by atoms with Gasteiger partial charge in [-0.05, 0) is 38.0 Å². The van der Waals surface area contributed by atoms with Crippen molar-refractivity contribution in [2.75, 3.05) is 18.1 Å². The van der Waals surface area contributed by atoms with E-state index in [0.717, 1.165) is 23.3 Å². The van der Waals surface area contributed by atoms with Gasteiger partial charge in [-0.2, -0.15) is 0 Å². The minimum atomic E-state index is -0.960. The van der Waals surface area contributed by atoms with Crippen LogP contribution in [0.25, 0.3) is 5.76 Å². The zero-order chi connectivity index (χ0) is 27.4. The van der Waals surface area contributed by atoms with Crippen LogP contribution in [0, 0.1) is 13.8 Å². The number of aromatic nitrogens is 1. The lowest BCUT2D eigenvalue weighted by atomic mass is 9.95. The average molecular weight is 533 g/mol. The Balaban J connectivity index is 1.85. The molecule has 1 atom stereocenters. The second-order valence-corrected chi connectivity index (χ2v) is 9.73. The number of aliphatic hydroxyl groups is 1. The summed E-state index contributed by atoms with van der Waals surface area (Å²) in [6, 6.07) is 13.1. The number of aryl methyl sites for hydroxylation is 2. The molecule has 1 saturated heterocycles. The van der Waals surface area contributed by atoms with Gasteiger partial charge in [0.2, 0.25) is 0 Å². The first-order valence-corrected chi connectivity index (χ1v) is 12.9. The van der Waals surface area contributed by atoms with Crippen molar-refractivity contribution in [1.82, 2.24) is 4.98 Å². The Kier molecular flexibility index (Phi) is 8.07. The lowest BCUT2D eigenvalue weighted by molar-refractivity contribution is -0.132. The number of ketones is 1. The van der Waals surface area contributed by atoms with E-state index in [1.807, 2.05) is 26.0 Å². The Morgan fingerprint density at radius 3 is 2.61 bits per heavy atom. The Labute approximate surface area is 224 Å². The van der Waals surface area contributed by atoms with E-state index >= 15 is 0 Å². The van der Waals surface area contributed by atoms with E-state index in [1.54, 1.807) is 43.3 Å². The first-order valence-electron chi connectivity index (χ1n) is 12.1. The molecule has 8 nitrogen and oxygen atoms in total. The predicted octanol–water partition coefficient (Wildman–Crippen LogP) is 5.52. The maximum atomic E-state index is 13.4. The molecule has 1 amide bonds. The maximum Gasteiger partial charge on any atom is 0.350 e. The molecule has 4 rings (SSSR count). The van der Waals surface area contributed by atoms with E-state index in [1.165, 1.54) is 11.0 Å². The summed E-state index contributed by atoms with van der Waals surface area (Å²) in [5.74, 6) is -2.09. The van der Waals surface area contributed by atoms with Crippen LogP contribution in [0.2, 0.25) is 0 Å². The number of Topliss-reactive ketones (excluding diaryl/α,β-unsaturated/α-hetero) is 1. The summed E-state index contributed by atoms with van der Waals surface area (Å²) in [6.07, 6.45) is 2.26. The normalized spacial score (nSPS) is 16.5. The van der Waals surface area contributed by atoms with E-state index in [9.17, 15) is 19.5 Å². The quantitative estimate of drug-likeness (QED) is 0.127. The maximum absolute atomic E-state index is 13.4. The molecule has 9 heteroatoms. The number of anilines is 1. The van der Waals surface area contributed by atoms with Crippen LogP contribution < -0.4 is 9.64 Å². The largest absolute Gasteiger partial charge is 0.507 e. The van der Waals surface area contributed by atoms with Crippen molar-refractivity contribution >= 4 is 39.9 Å². The van der Waals surface area contributed by atoms with Gasteiger partial charge >= 0.3 is 11.9 Å². The second-order valence-electron chi connectivity index (χ2n) is 8.75. The molecule has 1 fully saturated rings. The molecular formula is C29H28N2O6S. The topological polar surface area (TPSA) is 106 Å². The van der Waals surface area contributed by atoms with Crippen molar-refractivity contribution < 1.29 is 29.0 Å². The highest BCUT2D eigenvalue weighted by molar-refractivity contribution is 7.17. The summed E-state index contributed by atoms with van der Waals surface area (Å²) in [6.45, 7) is 9.60. The van der Waals surface area contributed by atoms with Gasteiger partial charge in [-0.15, -0.1) is 0 Å². The molecule has 3 aromatic rings. The Bertz CT molecular complexity index is 1420. The highest BCUT2D eigenvalue weighted by Crippen LogP contribution is 2.44. The number of carbonyl (C=O) groups excluding carboxylic acids is 3. The molecule has 1 unspecified atom stereocenters. The van der Waals surface area contributed by atoms with E-state index in [0.29, 0.717) is 29.2 Å². The van der Waals surface area contributed by atoms with Crippen molar-refractivity contribution in [3.8, 4) is 5.75 Å². The average Bonchev–Trinajstić information content (AvgIpc) is 3.42. The molecule has 0 aliphatic carbocycles. The predicted molar refractivity (Wildman–Crippen MR) is 146 cm³/mol. The third-order valence-corrected chi connectivity index (χ3v) is 7.06. The minimum Gasteiger partial charge on any atom is -0.507 e. The number of nitrogens with zero attached hydrogens (tertiary/aromatic N) is 2. The SMILES string of the molecule is C=CCOC(=O)c1sc(N2C(=O)C(=O)C(=C(O)c3cccc(OCCC)c3)C2c2ccc(C)cc2)nc1C. The standard InChI is InChI=1S/C29H28N2O6S/c1-5-14-36-21-9-7-8-20(16-21)24(32)22-23(19-12-10-17(3)11-13-19)31(27(34)25(22)33)29-30-18(4)26(38-29)28(35)37-15-6-2/h6-13,16,23,32H,2,5,14-15H2,1,3-4H3. The van der Waals surface area contributed by atoms with Gasteiger partial charge in [0.05, 0.1) is 23.9 Å². The van der Waals surface area contributed by atoms with Gasteiger partial charge in [-0.25, -0.2) is 9.78 Å². The van der Waals surface area contributed by atoms with Crippen molar-refractivity contribution in [3.63, 3.8) is 0 Å². The number of esters is 1. The van der Waals surface area contributed by atoms with Crippen LogP contribution in [-0.2, 0) is 14.3 Å². The molecule has 0 bridgehead atoms. The van der Waals surface area contributed by atoms with Crippen molar-refractivity contribution in [3.05, 3.63) is 94.0 Å². The third kappa shape index (κ3) is 5.24. The first-order chi connectivity index (χ1) is 18.3. The number of hydrogen-bond donors (Lipinski definition) is 1. The highest BCUT2D eigenvalue weighted by atomic mass is 32.1. The molecule has 1 aromatic heterocycles. The lowest BCUT2D eigenvalue weighted by Crippen LogP contribution is -2.29. The summed E-state index contributed by atoms with van der Waals surface area (Å²) in [5, 5.41) is 11.5. The van der Waals surface area contributed by atoms with Gasteiger partial charge in [-0.3, -0.25) is 14.5 Å². The Morgan fingerprint density at radius 1 is 1.18 bits per heavy atom. The van der Waals surface area contributed by atoms with Gasteiger partial charge in [0, 0.05) is 5.56 Å². The van der Waals surface area contributed by atoms with Crippen LogP contribution in [0.4, 0.5) is 5.13 Å². The number of amides is 1. The van der Waals surface area contributed by atoms with Crippen LogP contribution >= 0.6 is 11.3 Å². The number of benzene rings is 2. The zero-order valence-electron chi connectivity index (χ0n) is 21.4. The van der Waals surface area contributed by atoms with E-state index in [2.05, 4.69) is 11.6 Å². The van der Waals surface area contributed by atoms with Gasteiger partial charge in [0.1, 0.15) is 23.0 Å². The molecule has 0 radical (unpaired) electrons. The van der Waals surface area contributed by atoms with Gasteiger partial charge in [0.15, 0.2) is 5.13 Å². The Hall–Kier alpha value is -4.24. The summed E-state index contributed by atoms with van der Waals surface area (Å²) in [4.78, 5) is 45.2. The van der Waals surface area contributed by atoms with Crippen LogP contribution in [0.15, 0.2) is 66.8 Å². The summed E-state index contributed by atoms with van der Waals surface area (Å²) >= 11 is 0.952. The number of hydrogen-bond acceptors (Lipinski definition) is 8. The molecule has 1 aliphatic heterocycles. The molecule has 38 heavy (non-hydrogen) atoms. The third-order valence-electron chi connectivity index (χ3n) is 5.93. The lowest BCUT2D eigenvalue weighted by Gasteiger charge is -2.23. The monoisotopic (exact) mass is 532 g/mol. The zero-order valence-corrected chi connectivity index (χ0v) is 22.2. The number of carbonyl (C=O) groups is 3. The molecule has 2 heterocycles. The van der Waals surface area contributed by atoms with Crippen molar-refractivity contribution in [2.45, 2.75) is 33.2 Å². The van der Waals surface area contributed by atoms with Crippen molar-refractivity contribution in [2.24, 2.45) is 0 Å². The van der Waals surface area contributed by atoms with Crippen LogP contribution in [0.5, 0.6) is 5.75 Å². The Morgan fingerprint density at radius 2 is 1.92 bits per heavy atom. The minimum absolute atomic E-state index is 0.0282. The fourth-order valence-corrected chi connectivity index (χ4v) is 5.06. The van der Waals surface area contributed by atoms with E-state index in [4.69, 9.17) is 9.47 Å². The molecule has 0 spiro atoms. The summed E-state index contributed by atoms with van der Waals surface area (Å²) in [7, 11) is 0. The van der Waals surface area contributed by atoms with Gasteiger partial charge in [0.25, 0.3) is 5.78 Å². The van der Waals surface area contributed by atoms with E-state index < -0.39 is 23.7 Å². The molecular weight excluding hydrogens is 504 g/mol.